The molecular formula is C12H27N3O. The second kappa shape index (κ2) is 8.53. The van der Waals surface area contributed by atoms with Gasteiger partial charge in [0, 0.05) is 25.7 Å². The number of likely N-dealkylation sites (N-methyl/N-ethyl adjacent to an activating group) is 1. The summed E-state index contributed by atoms with van der Waals surface area (Å²) >= 11 is 0. The molecule has 16 heavy (non-hydrogen) atoms. The Hall–Kier alpha value is -0.610. The SMILES string of the molecule is CCNC(=O)C(C)N(CCN)C(CC)CC. The number of hydrogen-bond acceptors (Lipinski definition) is 3. The molecule has 0 aromatic rings. The van der Waals surface area contributed by atoms with Crippen LogP contribution in [-0.2, 0) is 4.79 Å². The second-order valence-electron chi connectivity index (χ2n) is 4.07. The molecule has 4 nitrogen and oxygen atoms in total. The number of nitrogens with two attached hydrogens (primary N) is 1. The summed E-state index contributed by atoms with van der Waals surface area (Å²) in [4.78, 5) is 14.0. The van der Waals surface area contributed by atoms with Crippen LogP contribution in [0.25, 0.3) is 0 Å². The first-order valence-corrected chi connectivity index (χ1v) is 6.35. The first-order valence-electron chi connectivity index (χ1n) is 6.35. The Morgan fingerprint density at radius 2 is 1.88 bits per heavy atom. The molecular weight excluding hydrogens is 202 g/mol. The van der Waals surface area contributed by atoms with Crippen LogP contribution in [0.15, 0.2) is 0 Å². The smallest absolute Gasteiger partial charge is 0.237 e. The molecule has 0 aliphatic carbocycles. The van der Waals surface area contributed by atoms with E-state index in [4.69, 9.17) is 5.73 Å². The number of carbonyl (C=O) groups is 1. The molecule has 0 aliphatic rings. The second-order valence-corrected chi connectivity index (χ2v) is 4.07. The molecule has 0 heterocycles. The largest absolute Gasteiger partial charge is 0.355 e. The fourth-order valence-electron chi connectivity index (χ4n) is 2.07. The number of amides is 1. The van der Waals surface area contributed by atoms with Gasteiger partial charge in [-0.1, -0.05) is 13.8 Å². The highest BCUT2D eigenvalue weighted by atomic mass is 16.2. The summed E-state index contributed by atoms with van der Waals surface area (Å²) in [6, 6.07) is 0.356. The number of nitrogens with zero attached hydrogens (tertiary/aromatic N) is 1. The van der Waals surface area contributed by atoms with Crippen molar-refractivity contribution < 1.29 is 4.79 Å². The lowest BCUT2D eigenvalue weighted by Crippen LogP contribution is -2.51. The predicted molar refractivity (Wildman–Crippen MR) is 68.3 cm³/mol. The van der Waals surface area contributed by atoms with E-state index in [0.29, 0.717) is 19.1 Å². The van der Waals surface area contributed by atoms with Crippen molar-refractivity contribution in [3.8, 4) is 0 Å². The maximum absolute atomic E-state index is 11.8. The minimum Gasteiger partial charge on any atom is -0.355 e. The first kappa shape index (κ1) is 15.4. The predicted octanol–water partition coefficient (Wildman–Crippen LogP) is 0.960. The molecule has 1 amide bonds. The third-order valence-corrected chi connectivity index (χ3v) is 3.03. The van der Waals surface area contributed by atoms with Crippen LogP contribution in [-0.4, -0.2) is 42.5 Å². The highest BCUT2D eigenvalue weighted by Gasteiger charge is 2.25. The van der Waals surface area contributed by atoms with E-state index in [-0.39, 0.29) is 11.9 Å². The highest BCUT2D eigenvalue weighted by molar-refractivity contribution is 5.81. The van der Waals surface area contributed by atoms with E-state index in [9.17, 15) is 4.79 Å². The van der Waals surface area contributed by atoms with E-state index in [2.05, 4.69) is 24.1 Å². The van der Waals surface area contributed by atoms with Crippen molar-refractivity contribution in [2.75, 3.05) is 19.6 Å². The summed E-state index contributed by atoms with van der Waals surface area (Å²) in [6.45, 7) is 10.3. The molecule has 96 valence electrons. The molecule has 0 bridgehead atoms. The minimum absolute atomic E-state index is 0.0894. The maximum Gasteiger partial charge on any atom is 0.237 e. The topological polar surface area (TPSA) is 58.4 Å². The molecule has 0 radical (unpaired) electrons. The summed E-state index contributed by atoms with van der Waals surface area (Å²) < 4.78 is 0. The molecule has 0 aromatic carbocycles. The monoisotopic (exact) mass is 229 g/mol. The number of nitrogens with one attached hydrogen (secondary N) is 1. The molecule has 0 aliphatic heterocycles. The Kier molecular flexibility index (Phi) is 8.21. The van der Waals surface area contributed by atoms with Crippen LogP contribution >= 0.6 is 0 Å². The van der Waals surface area contributed by atoms with Crippen LogP contribution in [0.4, 0.5) is 0 Å². The van der Waals surface area contributed by atoms with E-state index in [1.807, 2.05) is 13.8 Å². The van der Waals surface area contributed by atoms with E-state index in [1.54, 1.807) is 0 Å². The van der Waals surface area contributed by atoms with Gasteiger partial charge in [-0.25, -0.2) is 0 Å². The fraction of sp³-hybridized carbons (Fsp3) is 0.917. The standard InChI is InChI=1S/C12H27N3O/c1-5-11(6-2)15(9-8-13)10(4)12(16)14-7-3/h10-11H,5-9,13H2,1-4H3,(H,14,16). The van der Waals surface area contributed by atoms with E-state index in [1.165, 1.54) is 0 Å². The molecule has 0 saturated heterocycles. The van der Waals surface area contributed by atoms with E-state index >= 15 is 0 Å². The first-order chi connectivity index (χ1) is 7.62. The van der Waals surface area contributed by atoms with Gasteiger partial charge < -0.3 is 11.1 Å². The van der Waals surface area contributed by atoms with Crippen molar-refractivity contribution in [3.05, 3.63) is 0 Å². The Morgan fingerprint density at radius 3 is 2.25 bits per heavy atom. The maximum atomic E-state index is 11.8. The van der Waals surface area contributed by atoms with Crippen LogP contribution < -0.4 is 11.1 Å². The number of rotatable bonds is 8. The Morgan fingerprint density at radius 1 is 1.31 bits per heavy atom. The van der Waals surface area contributed by atoms with Gasteiger partial charge in [0.2, 0.25) is 5.91 Å². The van der Waals surface area contributed by atoms with Gasteiger partial charge in [-0.15, -0.1) is 0 Å². The van der Waals surface area contributed by atoms with Crippen LogP contribution in [0.3, 0.4) is 0 Å². The average molecular weight is 229 g/mol. The van der Waals surface area contributed by atoms with Crippen LogP contribution in [0.1, 0.15) is 40.5 Å². The van der Waals surface area contributed by atoms with Gasteiger partial charge in [-0.3, -0.25) is 9.69 Å². The Balaban J connectivity index is 4.55. The molecule has 0 aromatic heterocycles. The van der Waals surface area contributed by atoms with Crippen molar-refractivity contribution in [1.29, 1.82) is 0 Å². The van der Waals surface area contributed by atoms with E-state index < -0.39 is 0 Å². The van der Waals surface area contributed by atoms with Gasteiger partial charge in [0.05, 0.1) is 6.04 Å². The zero-order valence-corrected chi connectivity index (χ0v) is 11.1. The summed E-state index contributed by atoms with van der Waals surface area (Å²) in [7, 11) is 0. The van der Waals surface area contributed by atoms with Gasteiger partial charge in [0.25, 0.3) is 0 Å². The summed E-state index contributed by atoms with van der Waals surface area (Å²) in [5, 5.41) is 2.87. The van der Waals surface area contributed by atoms with Crippen LogP contribution in [0, 0.1) is 0 Å². The lowest BCUT2D eigenvalue weighted by molar-refractivity contribution is -0.126. The normalized spacial score (nSPS) is 13.2. The number of carbonyl (C=O) groups excluding carboxylic acids is 1. The van der Waals surface area contributed by atoms with Gasteiger partial charge in [-0.05, 0) is 26.7 Å². The molecule has 1 unspecified atom stereocenters. The summed E-state index contributed by atoms with van der Waals surface area (Å²) in [5.74, 6) is 0.0999. The molecule has 4 heteroatoms. The molecule has 0 saturated carbocycles. The van der Waals surface area contributed by atoms with Gasteiger partial charge in [-0.2, -0.15) is 0 Å². The van der Waals surface area contributed by atoms with Gasteiger partial charge in [0.15, 0.2) is 0 Å². The van der Waals surface area contributed by atoms with Gasteiger partial charge >= 0.3 is 0 Å². The minimum atomic E-state index is -0.0894. The lowest BCUT2D eigenvalue weighted by Gasteiger charge is -2.34. The Bertz CT molecular complexity index is 193. The number of hydrogen-bond donors (Lipinski definition) is 2. The summed E-state index contributed by atoms with van der Waals surface area (Å²) in [6.07, 6.45) is 2.11. The van der Waals surface area contributed by atoms with E-state index in [0.717, 1.165) is 19.4 Å². The third kappa shape index (κ3) is 4.49. The van der Waals surface area contributed by atoms with Crippen molar-refractivity contribution in [2.24, 2.45) is 5.73 Å². The van der Waals surface area contributed by atoms with Crippen LogP contribution in [0.2, 0.25) is 0 Å². The van der Waals surface area contributed by atoms with Crippen molar-refractivity contribution in [2.45, 2.75) is 52.6 Å². The quantitative estimate of drug-likeness (QED) is 0.652. The molecule has 0 rings (SSSR count). The Labute approximate surface area is 99.6 Å². The molecule has 1 atom stereocenters. The van der Waals surface area contributed by atoms with Crippen molar-refractivity contribution in [3.63, 3.8) is 0 Å². The fourth-order valence-corrected chi connectivity index (χ4v) is 2.07. The van der Waals surface area contributed by atoms with Crippen LogP contribution in [0.5, 0.6) is 0 Å². The lowest BCUT2D eigenvalue weighted by atomic mass is 10.1. The van der Waals surface area contributed by atoms with Crippen molar-refractivity contribution >= 4 is 5.91 Å². The summed E-state index contributed by atoms with van der Waals surface area (Å²) in [5.41, 5.74) is 5.62. The zero-order chi connectivity index (χ0) is 12.6. The molecule has 3 N–H and O–H groups in total. The zero-order valence-electron chi connectivity index (χ0n) is 11.1. The van der Waals surface area contributed by atoms with Gasteiger partial charge in [0.1, 0.15) is 0 Å². The average Bonchev–Trinajstić information content (AvgIpc) is 2.29. The van der Waals surface area contributed by atoms with Crippen molar-refractivity contribution in [1.82, 2.24) is 10.2 Å². The molecule has 0 fully saturated rings. The third-order valence-electron chi connectivity index (χ3n) is 3.03. The highest BCUT2D eigenvalue weighted by Crippen LogP contribution is 2.12. The molecule has 0 spiro atoms.